The molecule has 1 atom stereocenters. The fourth-order valence-corrected chi connectivity index (χ4v) is 1.92. The molecule has 74 valence electrons. The van der Waals surface area contributed by atoms with E-state index < -0.39 is 0 Å². The highest BCUT2D eigenvalue weighted by atomic mass is 19.1. The topological polar surface area (TPSA) is 38.0 Å². The maximum Gasteiger partial charge on any atom is 0.125 e. The minimum absolute atomic E-state index is 0.0248. The van der Waals surface area contributed by atoms with Crippen LogP contribution in [0.2, 0.25) is 0 Å². The van der Waals surface area contributed by atoms with Gasteiger partial charge in [0.1, 0.15) is 5.82 Å². The van der Waals surface area contributed by atoms with Crippen molar-refractivity contribution in [3.8, 4) is 0 Å². The minimum atomic E-state index is -0.281. The van der Waals surface area contributed by atoms with Gasteiger partial charge in [0, 0.05) is 12.2 Å². The van der Waals surface area contributed by atoms with E-state index in [1.165, 1.54) is 12.1 Å². The quantitative estimate of drug-likeness (QED) is 0.526. The number of benzene rings is 1. The molecule has 0 aromatic heterocycles. The average molecular weight is 192 g/mol. The molecule has 1 unspecified atom stereocenters. The number of nitrogen functional groups attached to an aromatic ring is 1. The Morgan fingerprint density at radius 3 is 3.07 bits per heavy atom. The predicted octanol–water partition coefficient (Wildman–Crippen LogP) is 1.78. The Morgan fingerprint density at radius 1 is 1.57 bits per heavy atom. The molecule has 0 bridgehead atoms. The zero-order valence-electron chi connectivity index (χ0n) is 7.89. The largest absolute Gasteiger partial charge is 0.398 e. The Kier molecular flexibility index (Phi) is 2.25. The van der Waals surface area contributed by atoms with Gasteiger partial charge in [-0.3, -0.25) is 0 Å². The molecule has 0 aliphatic carbocycles. The lowest BCUT2D eigenvalue weighted by molar-refractivity contribution is 0.568. The number of hydrogen-bond acceptors (Lipinski definition) is 2. The molecule has 0 fully saturated rings. The van der Waals surface area contributed by atoms with E-state index in [0.29, 0.717) is 5.69 Å². The van der Waals surface area contributed by atoms with Gasteiger partial charge in [0.15, 0.2) is 0 Å². The van der Waals surface area contributed by atoms with Crippen molar-refractivity contribution in [2.45, 2.75) is 12.5 Å². The maximum atomic E-state index is 13.1. The second kappa shape index (κ2) is 3.42. The standard InChI is InChI=1S/C11H13FN2/c1-2-11-9-5-7(12)6-10(13)8(9)3-4-14-11/h2,5-6,11,14H,1,3-4,13H2. The molecule has 3 N–H and O–H groups in total. The third-order valence-corrected chi connectivity index (χ3v) is 2.59. The van der Waals surface area contributed by atoms with Gasteiger partial charge in [-0.15, -0.1) is 6.58 Å². The fraction of sp³-hybridized carbons (Fsp3) is 0.273. The van der Waals surface area contributed by atoms with Crippen LogP contribution in [0.3, 0.4) is 0 Å². The number of nitrogens with two attached hydrogens (primary N) is 1. The van der Waals surface area contributed by atoms with Crippen molar-refractivity contribution >= 4 is 5.69 Å². The molecule has 0 saturated carbocycles. The van der Waals surface area contributed by atoms with Crippen LogP contribution in [-0.2, 0) is 6.42 Å². The van der Waals surface area contributed by atoms with Crippen molar-refractivity contribution in [3.63, 3.8) is 0 Å². The van der Waals surface area contributed by atoms with Crippen LogP contribution < -0.4 is 11.1 Å². The zero-order chi connectivity index (χ0) is 10.1. The number of fused-ring (bicyclic) bond motifs is 1. The van der Waals surface area contributed by atoms with Crippen molar-refractivity contribution < 1.29 is 4.39 Å². The van der Waals surface area contributed by atoms with E-state index in [4.69, 9.17) is 5.73 Å². The summed E-state index contributed by atoms with van der Waals surface area (Å²) < 4.78 is 13.1. The molecule has 14 heavy (non-hydrogen) atoms. The second-order valence-corrected chi connectivity index (χ2v) is 3.48. The molecule has 2 rings (SSSR count). The lowest BCUT2D eigenvalue weighted by Crippen LogP contribution is -2.29. The highest BCUT2D eigenvalue weighted by Crippen LogP contribution is 2.28. The average Bonchev–Trinajstić information content (AvgIpc) is 2.17. The van der Waals surface area contributed by atoms with Gasteiger partial charge in [-0.2, -0.15) is 0 Å². The van der Waals surface area contributed by atoms with E-state index in [0.717, 1.165) is 24.1 Å². The summed E-state index contributed by atoms with van der Waals surface area (Å²) in [6.45, 7) is 4.58. The summed E-state index contributed by atoms with van der Waals surface area (Å²) in [4.78, 5) is 0. The molecule has 0 radical (unpaired) electrons. The van der Waals surface area contributed by atoms with Crippen LogP contribution in [-0.4, -0.2) is 6.54 Å². The molecule has 0 spiro atoms. The van der Waals surface area contributed by atoms with E-state index in [-0.39, 0.29) is 11.9 Å². The smallest absolute Gasteiger partial charge is 0.125 e. The number of anilines is 1. The Balaban J connectivity index is 2.56. The van der Waals surface area contributed by atoms with Gasteiger partial charge in [0.2, 0.25) is 0 Å². The molecule has 3 heteroatoms. The van der Waals surface area contributed by atoms with E-state index in [1.54, 1.807) is 6.08 Å². The number of hydrogen-bond donors (Lipinski definition) is 2. The zero-order valence-corrected chi connectivity index (χ0v) is 7.89. The van der Waals surface area contributed by atoms with Crippen LogP contribution in [0.15, 0.2) is 24.8 Å². The van der Waals surface area contributed by atoms with Crippen LogP contribution in [0.4, 0.5) is 10.1 Å². The van der Waals surface area contributed by atoms with Crippen molar-refractivity contribution in [2.24, 2.45) is 0 Å². The Bertz CT molecular complexity index is 374. The van der Waals surface area contributed by atoms with Crippen LogP contribution in [0.25, 0.3) is 0 Å². The van der Waals surface area contributed by atoms with E-state index in [9.17, 15) is 4.39 Å². The highest BCUT2D eigenvalue weighted by Gasteiger charge is 2.19. The summed E-state index contributed by atoms with van der Waals surface area (Å²) in [6.07, 6.45) is 2.63. The summed E-state index contributed by atoms with van der Waals surface area (Å²) in [7, 11) is 0. The van der Waals surface area contributed by atoms with Gasteiger partial charge in [0.05, 0.1) is 6.04 Å². The highest BCUT2D eigenvalue weighted by molar-refractivity contribution is 5.54. The molecule has 0 saturated heterocycles. The fourth-order valence-electron chi connectivity index (χ4n) is 1.92. The van der Waals surface area contributed by atoms with E-state index in [2.05, 4.69) is 11.9 Å². The summed E-state index contributed by atoms with van der Waals surface area (Å²) in [5.74, 6) is -0.281. The minimum Gasteiger partial charge on any atom is -0.398 e. The normalized spacial score (nSPS) is 20.2. The Labute approximate surface area is 82.6 Å². The SMILES string of the molecule is C=CC1NCCc2c(N)cc(F)cc21. The number of halogens is 1. The Morgan fingerprint density at radius 2 is 2.36 bits per heavy atom. The van der Waals surface area contributed by atoms with E-state index in [1.807, 2.05) is 0 Å². The lowest BCUT2D eigenvalue weighted by atomic mass is 9.93. The van der Waals surface area contributed by atoms with Crippen molar-refractivity contribution in [1.82, 2.24) is 5.32 Å². The molecule has 1 aromatic rings. The third-order valence-electron chi connectivity index (χ3n) is 2.59. The maximum absolute atomic E-state index is 13.1. The van der Waals surface area contributed by atoms with Gasteiger partial charge in [0.25, 0.3) is 0 Å². The summed E-state index contributed by atoms with van der Waals surface area (Å²) in [5, 5.41) is 3.24. The first-order chi connectivity index (χ1) is 6.72. The van der Waals surface area contributed by atoms with Crippen LogP contribution in [0, 0.1) is 5.82 Å². The molecular formula is C11H13FN2. The lowest BCUT2D eigenvalue weighted by Gasteiger charge is -2.25. The van der Waals surface area contributed by atoms with Crippen molar-refractivity contribution in [2.75, 3.05) is 12.3 Å². The monoisotopic (exact) mass is 192 g/mol. The molecule has 1 heterocycles. The summed E-state index contributed by atoms with van der Waals surface area (Å²) in [6, 6.07) is 2.94. The predicted molar refractivity (Wildman–Crippen MR) is 55.5 cm³/mol. The van der Waals surface area contributed by atoms with E-state index >= 15 is 0 Å². The first-order valence-electron chi connectivity index (χ1n) is 4.66. The molecule has 1 aromatic carbocycles. The van der Waals surface area contributed by atoms with Crippen LogP contribution >= 0.6 is 0 Å². The first kappa shape index (κ1) is 9.21. The van der Waals surface area contributed by atoms with Gasteiger partial charge < -0.3 is 11.1 Å². The number of rotatable bonds is 1. The first-order valence-corrected chi connectivity index (χ1v) is 4.66. The molecule has 2 nitrogen and oxygen atoms in total. The second-order valence-electron chi connectivity index (χ2n) is 3.48. The molecule has 1 aliphatic rings. The van der Waals surface area contributed by atoms with Crippen LogP contribution in [0.1, 0.15) is 17.2 Å². The molecule has 1 aliphatic heterocycles. The van der Waals surface area contributed by atoms with Crippen molar-refractivity contribution in [1.29, 1.82) is 0 Å². The van der Waals surface area contributed by atoms with Gasteiger partial charge in [-0.25, -0.2) is 4.39 Å². The summed E-state index contributed by atoms with van der Waals surface area (Å²) >= 11 is 0. The summed E-state index contributed by atoms with van der Waals surface area (Å²) in [5.41, 5.74) is 8.28. The van der Waals surface area contributed by atoms with Gasteiger partial charge in [-0.05, 0) is 29.7 Å². The molecular weight excluding hydrogens is 179 g/mol. The van der Waals surface area contributed by atoms with Crippen molar-refractivity contribution in [3.05, 3.63) is 41.7 Å². The number of nitrogens with one attached hydrogen (secondary N) is 1. The van der Waals surface area contributed by atoms with Gasteiger partial charge in [-0.1, -0.05) is 6.08 Å². The van der Waals surface area contributed by atoms with Crippen LogP contribution in [0.5, 0.6) is 0 Å². The third kappa shape index (κ3) is 1.40. The van der Waals surface area contributed by atoms with Gasteiger partial charge >= 0.3 is 0 Å². The Hall–Kier alpha value is -1.35. The molecule has 0 amide bonds.